The topological polar surface area (TPSA) is 62.7 Å². The number of aromatic nitrogens is 1. The average Bonchev–Trinajstić information content (AvgIpc) is 2.81. The van der Waals surface area contributed by atoms with Crippen molar-refractivity contribution in [2.45, 2.75) is 45.6 Å². The number of rotatable bonds is 11. The van der Waals surface area contributed by atoms with Crippen molar-refractivity contribution in [3.63, 3.8) is 0 Å². The molecule has 0 N–H and O–H groups in total. The Morgan fingerprint density at radius 1 is 1.00 bits per heavy atom. The normalized spacial score (nSPS) is 14.4. The maximum Gasteiger partial charge on any atom is 0.223 e. The van der Waals surface area contributed by atoms with E-state index in [4.69, 9.17) is 4.74 Å². The standard InChI is InChI=1S/C25H33N3O3/c1-2-3-4-18-31-23-9-7-22(8-10-23)24(29)11-12-25(30)28-16-14-27(15-17-28)20-21-6-5-13-26-19-21/h5-10,13,19H,2-4,11-12,14-18,20H2,1H3. The van der Waals surface area contributed by atoms with Crippen molar-refractivity contribution in [3.05, 3.63) is 59.9 Å². The van der Waals surface area contributed by atoms with Gasteiger partial charge in [0.15, 0.2) is 5.78 Å². The number of hydrogen-bond acceptors (Lipinski definition) is 5. The number of ketones is 1. The number of unbranched alkanes of at least 4 members (excludes halogenated alkanes) is 2. The van der Waals surface area contributed by atoms with E-state index in [0.717, 1.165) is 44.6 Å². The van der Waals surface area contributed by atoms with E-state index in [0.29, 0.717) is 25.3 Å². The minimum atomic E-state index is 0.00102. The third-order valence-corrected chi connectivity index (χ3v) is 5.61. The van der Waals surface area contributed by atoms with Gasteiger partial charge in [-0.25, -0.2) is 0 Å². The van der Waals surface area contributed by atoms with Crippen LogP contribution in [0.1, 0.15) is 54.9 Å². The number of carbonyl (C=O) groups is 2. The molecule has 1 aromatic carbocycles. The molecule has 1 fully saturated rings. The van der Waals surface area contributed by atoms with Gasteiger partial charge in [-0.15, -0.1) is 0 Å². The summed E-state index contributed by atoms with van der Waals surface area (Å²) in [4.78, 5) is 33.4. The molecule has 2 heterocycles. The minimum absolute atomic E-state index is 0.00102. The fourth-order valence-corrected chi connectivity index (χ4v) is 3.71. The third kappa shape index (κ3) is 7.47. The van der Waals surface area contributed by atoms with Crippen molar-refractivity contribution in [3.8, 4) is 5.75 Å². The molecule has 1 aromatic heterocycles. The molecule has 0 saturated carbocycles. The summed E-state index contributed by atoms with van der Waals surface area (Å²) in [5.41, 5.74) is 1.82. The van der Waals surface area contributed by atoms with Crippen molar-refractivity contribution in [1.82, 2.24) is 14.8 Å². The molecule has 2 aromatic rings. The number of nitrogens with zero attached hydrogens (tertiary/aromatic N) is 3. The van der Waals surface area contributed by atoms with Crippen LogP contribution in [0.2, 0.25) is 0 Å². The molecule has 0 atom stereocenters. The van der Waals surface area contributed by atoms with E-state index in [2.05, 4.69) is 22.9 Å². The van der Waals surface area contributed by atoms with Crippen molar-refractivity contribution in [2.24, 2.45) is 0 Å². The molecule has 166 valence electrons. The van der Waals surface area contributed by atoms with Gasteiger partial charge in [-0.1, -0.05) is 25.8 Å². The molecule has 1 amide bonds. The highest BCUT2D eigenvalue weighted by Crippen LogP contribution is 2.16. The van der Waals surface area contributed by atoms with Gasteiger partial charge in [0.1, 0.15) is 5.75 Å². The van der Waals surface area contributed by atoms with Gasteiger partial charge < -0.3 is 9.64 Å². The summed E-state index contributed by atoms with van der Waals surface area (Å²) in [6.07, 6.45) is 7.52. The first-order valence-electron chi connectivity index (χ1n) is 11.3. The number of carbonyl (C=O) groups excluding carboxylic acids is 2. The fraction of sp³-hybridized carbons (Fsp3) is 0.480. The van der Waals surface area contributed by atoms with Gasteiger partial charge in [0.05, 0.1) is 6.61 Å². The van der Waals surface area contributed by atoms with Gasteiger partial charge >= 0.3 is 0 Å². The lowest BCUT2D eigenvalue weighted by Crippen LogP contribution is -2.48. The SMILES string of the molecule is CCCCCOc1ccc(C(=O)CCC(=O)N2CCN(Cc3cccnc3)CC2)cc1. The van der Waals surface area contributed by atoms with Crippen LogP contribution < -0.4 is 4.74 Å². The Morgan fingerprint density at radius 3 is 2.45 bits per heavy atom. The van der Waals surface area contributed by atoms with Crippen molar-refractivity contribution in [1.29, 1.82) is 0 Å². The first-order valence-corrected chi connectivity index (χ1v) is 11.3. The van der Waals surface area contributed by atoms with Gasteiger partial charge in [-0.3, -0.25) is 19.5 Å². The predicted octanol–water partition coefficient (Wildman–Crippen LogP) is 3.96. The Bertz CT molecular complexity index is 816. The molecule has 3 rings (SSSR count). The molecule has 0 radical (unpaired) electrons. The molecular weight excluding hydrogens is 390 g/mol. The lowest BCUT2D eigenvalue weighted by Gasteiger charge is -2.34. The fourth-order valence-electron chi connectivity index (χ4n) is 3.71. The van der Waals surface area contributed by atoms with Crippen molar-refractivity contribution in [2.75, 3.05) is 32.8 Å². The van der Waals surface area contributed by atoms with Crippen LogP contribution in [0.3, 0.4) is 0 Å². The smallest absolute Gasteiger partial charge is 0.223 e. The number of pyridine rings is 1. The lowest BCUT2D eigenvalue weighted by molar-refractivity contribution is -0.133. The monoisotopic (exact) mass is 423 g/mol. The van der Waals surface area contributed by atoms with Crippen LogP contribution in [-0.2, 0) is 11.3 Å². The molecule has 31 heavy (non-hydrogen) atoms. The van der Waals surface area contributed by atoms with Crippen LogP contribution in [0.4, 0.5) is 0 Å². The van der Waals surface area contributed by atoms with Gasteiger partial charge in [0.25, 0.3) is 0 Å². The van der Waals surface area contributed by atoms with Crippen LogP contribution in [-0.4, -0.2) is 59.3 Å². The maximum absolute atomic E-state index is 12.5. The predicted molar refractivity (Wildman–Crippen MR) is 121 cm³/mol. The van der Waals surface area contributed by atoms with E-state index in [1.54, 1.807) is 18.3 Å². The zero-order valence-corrected chi connectivity index (χ0v) is 18.5. The van der Waals surface area contributed by atoms with Crippen LogP contribution in [0.5, 0.6) is 5.75 Å². The Balaban J connectivity index is 1.37. The number of benzene rings is 1. The maximum atomic E-state index is 12.5. The van der Waals surface area contributed by atoms with Crippen molar-refractivity contribution >= 4 is 11.7 Å². The first-order chi connectivity index (χ1) is 15.2. The number of piperazine rings is 1. The average molecular weight is 424 g/mol. The highest BCUT2D eigenvalue weighted by atomic mass is 16.5. The Kier molecular flexibility index (Phi) is 9.03. The Labute approximate surface area is 185 Å². The van der Waals surface area contributed by atoms with Gasteiger partial charge in [0, 0.05) is 63.5 Å². The second-order valence-electron chi connectivity index (χ2n) is 8.02. The number of Topliss-reactive ketones (excluding diaryl/α,β-unsaturated/α-hetero) is 1. The number of ether oxygens (including phenoxy) is 1. The molecule has 0 unspecified atom stereocenters. The largest absolute Gasteiger partial charge is 0.494 e. The highest BCUT2D eigenvalue weighted by Gasteiger charge is 2.21. The summed E-state index contributed by atoms with van der Waals surface area (Å²) in [5, 5.41) is 0. The minimum Gasteiger partial charge on any atom is -0.494 e. The van der Waals surface area contributed by atoms with Gasteiger partial charge in [-0.05, 0) is 42.3 Å². The summed E-state index contributed by atoms with van der Waals surface area (Å²) < 4.78 is 5.69. The van der Waals surface area contributed by atoms with Gasteiger partial charge in [0.2, 0.25) is 5.91 Å². The molecule has 6 nitrogen and oxygen atoms in total. The molecule has 1 aliphatic rings. The second-order valence-corrected chi connectivity index (χ2v) is 8.02. The van der Waals surface area contributed by atoms with Crippen LogP contribution in [0.15, 0.2) is 48.8 Å². The number of hydrogen-bond donors (Lipinski definition) is 0. The van der Waals surface area contributed by atoms with Crippen LogP contribution in [0, 0.1) is 0 Å². The molecule has 0 aliphatic carbocycles. The molecule has 1 aliphatic heterocycles. The summed E-state index contributed by atoms with van der Waals surface area (Å²) in [5.74, 6) is 0.847. The van der Waals surface area contributed by atoms with E-state index in [9.17, 15) is 9.59 Å². The van der Waals surface area contributed by atoms with Crippen LogP contribution in [0.25, 0.3) is 0 Å². The van der Waals surface area contributed by atoms with E-state index in [1.807, 2.05) is 29.3 Å². The summed E-state index contributed by atoms with van der Waals surface area (Å²) in [6.45, 7) is 6.81. The first kappa shape index (κ1) is 22.9. The molecule has 6 heteroatoms. The summed E-state index contributed by atoms with van der Waals surface area (Å²) in [6, 6.07) is 11.3. The van der Waals surface area contributed by atoms with Crippen LogP contribution >= 0.6 is 0 Å². The second kappa shape index (κ2) is 12.2. The molecular formula is C25H33N3O3. The van der Waals surface area contributed by atoms with E-state index in [-0.39, 0.29) is 24.5 Å². The van der Waals surface area contributed by atoms with Crippen molar-refractivity contribution < 1.29 is 14.3 Å². The Morgan fingerprint density at radius 2 is 1.77 bits per heavy atom. The van der Waals surface area contributed by atoms with E-state index >= 15 is 0 Å². The highest BCUT2D eigenvalue weighted by molar-refractivity contribution is 5.98. The zero-order chi connectivity index (χ0) is 21.9. The molecule has 0 spiro atoms. The number of amides is 1. The molecule has 0 bridgehead atoms. The van der Waals surface area contributed by atoms with Gasteiger partial charge in [-0.2, -0.15) is 0 Å². The molecule has 1 saturated heterocycles. The summed E-state index contributed by atoms with van der Waals surface area (Å²) >= 11 is 0. The summed E-state index contributed by atoms with van der Waals surface area (Å²) in [7, 11) is 0. The zero-order valence-electron chi connectivity index (χ0n) is 18.5. The third-order valence-electron chi connectivity index (χ3n) is 5.61. The quantitative estimate of drug-likeness (QED) is 0.404. The van der Waals surface area contributed by atoms with E-state index < -0.39 is 0 Å². The van der Waals surface area contributed by atoms with E-state index in [1.165, 1.54) is 5.56 Å². The Hall–Kier alpha value is -2.73. The lowest BCUT2D eigenvalue weighted by atomic mass is 10.1.